The largest absolute Gasteiger partial charge is 0.126 e. The summed E-state index contributed by atoms with van der Waals surface area (Å²) in [6, 6.07) is 0. The fourth-order valence-corrected chi connectivity index (χ4v) is 21.0. The lowest BCUT2D eigenvalue weighted by atomic mass is 9.57. The van der Waals surface area contributed by atoms with Gasteiger partial charge in [0.05, 0.1) is 0 Å². The van der Waals surface area contributed by atoms with Crippen molar-refractivity contribution < 1.29 is 0 Å². The van der Waals surface area contributed by atoms with Gasteiger partial charge in [0.25, 0.3) is 0 Å². The molecule has 0 aromatic carbocycles. The van der Waals surface area contributed by atoms with Crippen molar-refractivity contribution in [1.82, 2.24) is 0 Å². The summed E-state index contributed by atoms with van der Waals surface area (Å²) in [5.74, 6) is 12.6. The first-order valence-corrected chi connectivity index (χ1v) is 54.4. The van der Waals surface area contributed by atoms with Crippen LogP contribution in [-0.4, -0.2) is 5.88 Å². The molecule has 0 aromatic rings. The molecule has 0 radical (unpaired) electrons. The number of allylic oxidation sites excluding steroid dienone is 1. The summed E-state index contributed by atoms with van der Waals surface area (Å²) in [7, 11) is 0. The van der Waals surface area contributed by atoms with Gasteiger partial charge in [0.15, 0.2) is 0 Å². The fraction of sp³-hybridized carbons (Fsp3) is 0.984. The Balaban J connectivity index is -0.000000176. The molecule has 3 aliphatic carbocycles. The average molecular weight is 1830 g/mol. The Bertz CT molecular complexity index is 2460. The third-order valence-electron chi connectivity index (χ3n) is 29.0. The van der Waals surface area contributed by atoms with E-state index >= 15 is 0 Å². The second kappa shape index (κ2) is 58.3. The van der Waals surface area contributed by atoms with Crippen molar-refractivity contribution in [2.24, 2.45) is 191 Å². The highest BCUT2D eigenvalue weighted by Crippen LogP contribution is 2.54. The summed E-state index contributed by atoms with van der Waals surface area (Å²) in [5.41, 5.74) is 9.37. The minimum absolute atomic E-state index is 0. The summed E-state index contributed by atoms with van der Waals surface area (Å²) in [6.45, 7) is 159. The van der Waals surface area contributed by atoms with E-state index in [4.69, 9.17) is 11.6 Å². The van der Waals surface area contributed by atoms with Crippen LogP contribution in [0.5, 0.6) is 0 Å². The molecule has 13 unspecified atom stereocenters. The normalized spacial score (nSPS) is 20.9. The standard InChI is InChI=1S/C16H30.C14H28.C14H30.C13H26.3C12H26.C11H23Cl.C11H24.C10H22.2CH4/c1-8-12-9-10-13(15(2,3)4)14(11-12)16(5,6)7;1-13(2,3)11-9-7-8-10-12(11)14(4,5)6;1-11(2)9-12(14(6,7)8)10-13(3,4)5;1-12(2,3)10-8-7-9-11(10)13(4,5)6;3*1-8-10(12(5,6)7)9-11(2,3)4;1-10(2,3)7-9(8-12)11(4,5)6;1-9(11(5,6)7)8-10(2,3)4;1-9(2,3)7-8-10(4,5)6;;/h8,12-14H,1,9-11H2,2-7H3;11-12H,7-10H2,1-6H3;11-12H,9-10H2,1-8H3;10-11H,7-9H2,1-6H3;3*10H,8-9H2,1-7H3;9H,7-8H2,1-6H3;9H,8H2,1-7H3;7-8H2,1-6H3;2*1H4. The van der Waals surface area contributed by atoms with Gasteiger partial charge in [-0.05, 0) is 294 Å². The molecule has 0 aliphatic heterocycles. The Labute approximate surface area is 828 Å². The molecule has 0 aromatic heterocycles. The number of alkyl halides is 1. The zero-order chi connectivity index (χ0) is 103. The minimum Gasteiger partial charge on any atom is -0.126 e. The molecular weight excluding hydrogens is 1560 g/mol. The van der Waals surface area contributed by atoms with E-state index in [0.717, 1.165) is 82.8 Å². The van der Waals surface area contributed by atoms with E-state index in [1.54, 1.807) is 0 Å². The van der Waals surface area contributed by atoms with Crippen molar-refractivity contribution in [3.8, 4) is 0 Å². The third-order valence-corrected chi connectivity index (χ3v) is 29.4. The molecule has 3 aliphatic rings. The summed E-state index contributed by atoms with van der Waals surface area (Å²) < 4.78 is 0. The van der Waals surface area contributed by atoms with Gasteiger partial charge in [-0.25, -0.2) is 0 Å². The van der Waals surface area contributed by atoms with E-state index in [2.05, 4.69) is 470 Å². The van der Waals surface area contributed by atoms with Gasteiger partial charge in [-0.3, -0.25) is 0 Å². The first kappa shape index (κ1) is 146. The van der Waals surface area contributed by atoms with Crippen LogP contribution >= 0.6 is 11.6 Å². The second-order valence-corrected chi connectivity index (χ2v) is 66.0. The van der Waals surface area contributed by atoms with Crippen LogP contribution in [0.4, 0.5) is 0 Å². The SMILES string of the molecule is C.C.C=CC1CCC(C(C)(C)C)C(C(C)(C)C)C1.CC(C)(C)C1CCCC1C(C)(C)C.CC(C)(C)C1CCCCC1C(C)(C)C.CC(C)(C)CC(CCl)C(C)(C)C.CC(C)(C)CCC(C)(C)C.CC(C)CC(CC(C)(C)C)C(C)(C)C.CC(CC(C)(C)C)C(C)(C)C.CCC(CC(C)(C)C)C(C)(C)C.CCC(CC(C)(C)C)C(C)(C)C.CCC(CC(C)(C)C)C(C)(C)C. The lowest BCUT2D eigenvalue weighted by Crippen LogP contribution is -2.40. The predicted molar refractivity (Wildman–Crippen MR) is 608 cm³/mol. The van der Waals surface area contributed by atoms with E-state index in [9.17, 15) is 0 Å². The number of hydrogen-bond donors (Lipinski definition) is 0. The summed E-state index contributed by atoms with van der Waals surface area (Å²) in [5, 5.41) is 0. The van der Waals surface area contributed by atoms with Gasteiger partial charge in [-0.15, -0.1) is 18.2 Å². The van der Waals surface area contributed by atoms with Gasteiger partial charge in [0.1, 0.15) is 0 Å². The van der Waals surface area contributed by atoms with Crippen molar-refractivity contribution in [2.75, 3.05) is 5.88 Å². The Kier molecular flexibility index (Phi) is 66.4. The zero-order valence-electron chi connectivity index (χ0n) is 102. The van der Waals surface area contributed by atoms with Crippen LogP contribution in [0.25, 0.3) is 0 Å². The molecule has 0 nitrogen and oxygen atoms in total. The Morgan fingerprint density at radius 2 is 0.453 bits per heavy atom. The van der Waals surface area contributed by atoms with Gasteiger partial charge in [0.2, 0.25) is 0 Å². The second-order valence-electron chi connectivity index (χ2n) is 65.7. The predicted octanol–water partition coefficient (Wildman–Crippen LogP) is 46.9. The van der Waals surface area contributed by atoms with E-state index in [1.165, 1.54) is 141 Å². The topological polar surface area (TPSA) is 0 Å². The van der Waals surface area contributed by atoms with Gasteiger partial charge < -0.3 is 0 Å². The molecule has 0 saturated heterocycles. The van der Waals surface area contributed by atoms with Gasteiger partial charge >= 0.3 is 0 Å². The van der Waals surface area contributed by atoms with Crippen molar-refractivity contribution in [3.05, 3.63) is 12.7 Å². The summed E-state index contributed by atoms with van der Waals surface area (Å²) in [6.07, 6.45) is 32.2. The molecule has 3 fully saturated rings. The zero-order valence-corrected chi connectivity index (χ0v) is 103. The maximum absolute atomic E-state index is 5.96. The van der Waals surface area contributed by atoms with Gasteiger partial charge in [0, 0.05) is 5.88 Å². The van der Waals surface area contributed by atoms with Gasteiger partial charge in [-0.1, -0.05) is 516 Å². The van der Waals surface area contributed by atoms with Gasteiger partial charge in [-0.2, -0.15) is 0 Å². The lowest BCUT2D eigenvalue weighted by molar-refractivity contribution is 0.0202. The highest BCUT2D eigenvalue weighted by Gasteiger charge is 2.45. The number of rotatable bonds is 14. The van der Waals surface area contributed by atoms with E-state index < -0.39 is 0 Å². The molecule has 0 bridgehead atoms. The van der Waals surface area contributed by atoms with Crippen LogP contribution in [0.3, 0.4) is 0 Å². The van der Waals surface area contributed by atoms with Crippen LogP contribution < -0.4 is 0 Å². The fourth-order valence-electron chi connectivity index (χ4n) is 20.4. The summed E-state index contributed by atoms with van der Waals surface area (Å²) in [4.78, 5) is 0. The molecule has 3 rings (SSSR count). The monoisotopic (exact) mass is 1830 g/mol. The maximum Gasteiger partial charge on any atom is 0.0256 e. The minimum atomic E-state index is 0. The van der Waals surface area contributed by atoms with Crippen molar-refractivity contribution in [1.29, 1.82) is 0 Å². The first-order valence-electron chi connectivity index (χ1n) is 53.8. The van der Waals surface area contributed by atoms with Crippen LogP contribution in [0.1, 0.15) is 613 Å². The first-order chi connectivity index (χ1) is 54.6. The summed E-state index contributed by atoms with van der Waals surface area (Å²) >= 11 is 5.96. The highest BCUT2D eigenvalue weighted by molar-refractivity contribution is 6.18. The molecule has 784 valence electrons. The third kappa shape index (κ3) is 79.9. The highest BCUT2D eigenvalue weighted by atomic mass is 35.5. The van der Waals surface area contributed by atoms with Crippen LogP contribution in [0.2, 0.25) is 0 Å². The average Bonchev–Trinajstić information content (AvgIpc) is 1.55. The molecule has 0 amide bonds. The molecule has 0 N–H and O–H groups in total. The Morgan fingerprint density at radius 1 is 0.250 bits per heavy atom. The smallest absolute Gasteiger partial charge is 0.0256 e. The van der Waals surface area contributed by atoms with E-state index in [-0.39, 0.29) is 14.9 Å². The molecule has 0 spiro atoms. The Hall–Kier alpha value is 0.0300. The van der Waals surface area contributed by atoms with Crippen molar-refractivity contribution in [3.63, 3.8) is 0 Å². The molecule has 1 heteroatoms. The molecule has 0 heterocycles. The number of halogens is 1. The van der Waals surface area contributed by atoms with Crippen LogP contribution in [-0.2, 0) is 0 Å². The molecular formula is C127H269Cl. The number of hydrogen-bond acceptors (Lipinski definition) is 0. The van der Waals surface area contributed by atoms with Crippen LogP contribution in [0, 0.1) is 191 Å². The van der Waals surface area contributed by atoms with Crippen molar-refractivity contribution >= 4 is 11.6 Å². The molecule has 128 heavy (non-hydrogen) atoms. The maximum atomic E-state index is 5.96. The molecule has 3 saturated carbocycles. The Morgan fingerprint density at radius 3 is 0.594 bits per heavy atom. The quantitative estimate of drug-likeness (QED) is 0.120. The van der Waals surface area contributed by atoms with Crippen molar-refractivity contribution in [2.45, 2.75) is 613 Å². The lowest BCUT2D eigenvalue weighted by Gasteiger charge is -2.48. The van der Waals surface area contributed by atoms with E-state index in [0.29, 0.717) is 114 Å². The molecule has 13 atom stereocenters. The van der Waals surface area contributed by atoms with Crippen LogP contribution in [0.15, 0.2) is 12.7 Å². The van der Waals surface area contributed by atoms with E-state index in [1.807, 2.05) is 0 Å².